The fraction of sp³-hybridized carbons (Fsp3) is 0.867. The Labute approximate surface area is 133 Å². The van der Waals surface area contributed by atoms with E-state index in [2.05, 4.69) is 32.8 Å². The van der Waals surface area contributed by atoms with Gasteiger partial charge in [0.2, 0.25) is 5.89 Å². The van der Waals surface area contributed by atoms with Crippen LogP contribution in [-0.4, -0.2) is 21.4 Å². The van der Waals surface area contributed by atoms with Gasteiger partial charge in [-0.3, -0.25) is 0 Å². The van der Waals surface area contributed by atoms with Gasteiger partial charge in [0.05, 0.1) is 6.10 Å². The summed E-state index contributed by atoms with van der Waals surface area (Å²) in [5.74, 6) is 0.874. The molecule has 0 amide bonds. The largest absolute Gasteiger partial charge is 0.416 e. The molecule has 0 aliphatic heterocycles. The SMILES string of the molecule is CC(O)CCCC12CCC(c3nnc(I)o3)(CC1)CC2. The highest BCUT2D eigenvalue weighted by Crippen LogP contribution is 2.59. The van der Waals surface area contributed by atoms with Gasteiger partial charge in [0, 0.05) is 28.0 Å². The maximum Gasteiger partial charge on any atom is 0.278 e. The summed E-state index contributed by atoms with van der Waals surface area (Å²) in [5.41, 5.74) is 0.701. The van der Waals surface area contributed by atoms with Gasteiger partial charge in [-0.1, -0.05) is 6.42 Å². The third-order valence-electron chi connectivity index (χ3n) is 5.58. The number of rotatable bonds is 5. The zero-order valence-corrected chi connectivity index (χ0v) is 14.2. The molecule has 4 rings (SSSR count). The van der Waals surface area contributed by atoms with Crippen LogP contribution >= 0.6 is 22.6 Å². The highest BCUT2D eigenvalue weighted by Gasteiger charge is 2.51. The Morgan fingerprint density at radius 2 is 1.85 bits per heavy atom. The van der Waals surface area contributed by atoms with Gasteiger partial charge < -0.3 is 9.52 Å². The lowest BCUT2D eigenvalue weighted by molar-refractivity contribution is 0.0149. The number of hydrogen-bond donors (Lipinski definition) is 1. The van der Waals surface area contributed by atoms with Crippen LogP contribution in [0.5, 0.6) is 0 Å². The molecule has 0 saturated heterocycles. The molecule has 112 valence electrons. The van der Waals surface area contributed by atoms with E-state index in [9.17, 15) is 5.11 Å². The lowest BCUT2D eigenvalue weighted by atomic mass is 9.52. The van der Waals surface area contributed by atoms with Crippen molar-refractivity contribution in [1.29, 1.82) is 0 Å². The van der Waals surface area contributed by atoms with Crippen LogP contribution < -0.4 is 0 Å². The van der Waals surface area contributed by atoms with Crippen molar-refractivity contribution >= 4 is 22.6 Å². The van der Waals surface area contributed by atoms with Crippen LogP contribution in [0, 0.1) is 9.31 Å². The van der Waals surface area contributed by atoms with Gasteiger partial charge >= 0.3 is 0 Å². The molecule has 0 aromatic carbocycles. The summed E-state index contributed by atoms with van der Waals surface area (Å²) in [7, 11) is 0. The van der Waals surface area contributed by atoms with Crippen molar-refractivity contribution in [2.75, 3.05) is 0 Å². The van der Waals surface area contributed by atoms with E-state index in [1.807, 2.05) is 6.92 Å². The first-order valence-electron chi connectivity index (χ1n) is 7.71. The molecule has 1 unspecified atom stereocenters. The normalized spacial score (nSPS) is 34.4. The molecular formula is C15H23IN2O2. The summed E-state index contributed by atoms with van der Waals surface area (Å²) in [6, 6.07) is 0. The van der Waals surface area contributed by atoms with Crippen molar-refractivity contribution in [3.8, 4) is 0 Å². The van der Waals surface area contributed by atoms with Crippen molar-refractivity contribution in [3.05, 3.63) is 9.79 Å². The van der Waals surface area contributed by atoms with E-state index in [0.717, 1.165) is 18.7 Å². The maximum atomic E-state index is 9.41. The molecule has 3 aliphatic rings. The molecule has 1 aromatic rings. The number of halogens is 1. The second kappa shape index (κ2) is 5.55. The van der Waals surface area contributed by atoms with Crippen molar-refractivity contribution < 1.29 is 9.52 Å². The number of aliphatic hydroxyl groups excluding tert-OH is 1. The van der Waals surface area contributed by atoms with Gasteiger partial charge in [-0.15, -0.1) is 10.2 Å². The predicted octanol–water partition coefficient (Wildman–Crippen LogP) is 3.82. The Morgan fingerprint density at radius 3 is 2.35 bits per heavy atom. The Kier molecular flexibility index (Phi) is 4.10. The standard InChI is InChI=1S/C15H23IN2O2/c1-11(19)3-2-4-14-5-8-15(9-6-14,10-7-14)12-17-18-13(16)20-12/h11,19H,2-10H2,1H3. The third-order valence-corrected chi connectivity index (χ3v) is 6.02. The third kappa shape index (κ3) is 2.75. The minimum absolute atomic E-state index is 0.154. The van der Waals surface area contributed by atoms with Gasteiger partial charge in [0.15, 0.2) is 0 Å². The van der Waals surface area contributed by atoms with Crippen molar-refractivity contribution in [2.45, 2.75) is 76.2 Å². The summed E-state index contributed by atoms with van der Waals surface area (Å²) >= 11 is 2.10. The minimum Gasteiger partial charge on any atom is -0.416 e. The number of nitrogens with zero attached hydrogens (tertiary/aromatic N) is 2. The molecule has 2 bridgehead atoms. The molecule has 1 heterocycles. The molecule has 4 nitrogen and oxygen atoms in total. The zero-order chi connectivity index (χ0) is 14.2. The Hall–Kier alpha value is -0.170. The summed E-state index contributed by atoms with van der Waals surface area (Å²) < 4.78 is 6.38. The highest BCUT2D eigenvalue weighted by atomic mass is 127. The molecule has 0 spiro atoms. The molecule has 1 atom stereocenters. The Morgan fingerprint density at radius 1 is 1.20 bits per heavy atom. The fourth-order valence-corrected chi connectivity index (χ4v) is 4.47. The average molecular weight is 390 g/mol. The van der Waals surface area contributed by atoms with Gasteiger partial charge in [0.25, 0.3) is 3.90 Å². The molecule has 1 aromatic heterocycles. The molecule has 3 saturated carbocycles. The van der Waals surface area contributed by atoms with E-state index in [4.69, 9.17) is 4.42 Å². The van der Waals surface area contributed by atoms with E-state index in [1.54, 1.807) is 0 Å². The van der Waals surface area contributed by atoms with Crippen LogP contribution in [0.1, 0.15) is 70.6 Å². The van der Waals surface area contributed by atoms with E-state index in [0.29, 0.717) is 9.31 Å². The first-order chi connectivity index (χ1) is 9.54. The monoisotopic (exact) mass is 390 g/mol. The Balaban J connectivity index is 1.63. The van der Waals surface area contributed by atoms with Crippen molar-refractivity contribution in [3.63, 3.8) is 0 Å². The summed E-state index contributed by atoms with van der Waals surface area (Å²) in [6.45, 7) is 1.89. The quantitative estimate of drug-likeness (QED) is 0.777. The van der Waals surface area contributed by atoms with E-state index in [-0.39, 0.29) is 11.5 Å². The average Bonchev–Trinajstić information content (AvgIpc) is 2.88. The lowest BCUT2D eigenvalue weighted by Gasteiger charge is -2.52. The molecule has 3 fully saturated rings. The molecule has 1 N–H and O–H groups in total. The van der Waals surface area contributed by atoms with E-state index >= 15 is 0 Å². The Bertz CT molecular complexity index is 448. The van der Waals surface area contributed by atoms with E-state index < -0.39 is 0 Å². The minimum atomic E-state index is -0.154. The van der Waals surface area contributed by atoms with Gasteiger partial charge in [-0.25, -0.2) is 0 Å². The topological polar surface area (TPSA) is 59.2 Å². The second-order valence-corrected chi connectivity index (χ2v) is 7.80. The summed E-state index contributed by atoms with van der Waals surface area (Å²) in [5, 5.41) is 17.7. The van der Waals surface area contributed by atoms with E-state index in [1.165, 1.54) is 44.9 Å². The smallest absolute Gasteiger partial charge is 0.278 e. The number of aromatic nitrogens is 2. The molecule has 5 heteroatoms. The van der Waals surface area contributed by atoms with Crippen LogP contribution in [0.3, 0.4) is 0 Å². The lowest BCUT2D eigenvalue weighted by Crippen LogP contribution is -2.44. The van der Waals surface area contributed by atoms with Gasteiger partial charge in [-0.2, -0.15) is 0 Å². The van der Waals surface area contributed by atoms with Crippen molar-refractivity contribution in [1.82, 2.24) is 10.2 Å². The second-order valence-electron chi connectivity index (χ2n) is 6.88. The van der Waals surface area contributed by atoms with Gasteiger partial charge in [-0.05, 0) is 63.7 Å². The number of fused-ring (bicyclic) bond motifs is 3. The molecule has 0 radical (unpaired) electrons. The molecular weight excluding hydrogens is 367 g/mol. The summed E-state index contributed by atoms with van der Waals surface area (Å²) in [4.78, 5) is 0. The van der Waals surface area contributed by atoms with Crippen LogP contribution in [0.25, 0.3) is 0 Å². The predicted molar refractivity (Wildman–Crippen MR) is 84.4 cm³/mol. The number of aliphatic hydroxyl groups is 1. The molecule has 20 heavy (non-hydrogen) atoms. The highest BCUT2D eigenvalue weighted by molar-refractivity contribution is 14.1. The van der Waals surface area contributed by atoms with Crippen molar-refractivity contribution in [2.24, 2.45) is 5.41 Å². The van der Waals surface area contributed by atoms with Gasteiger partial charge in [0.1, 0.15) is 0 Å². The van der Waals surface area contributed by atoms with Crippen LogP contribution in [0.2, 0.25) is 0 Å². The zero-order valence-electron chi connectivity index (χ0n) is 12.1. The van der Waals surface area contributed by atoms with Crippen LogP contribution in [-0.2, 0) is 5.41 Å². The first kappa shape index (κ1) is 14.8. The fourth-order valence-electron chi connectivity index (χ4n) is 4.15. The maximum absolute atomic E-state index is 9.41. The molecule has 3 aliphatic carbocycles. The van der Waals surface area contributed by atoms with Crippen LogP contribution in [0.15, 0.2) is 4.42 Å². The van der Waals surface area contributed by atoms with Crippen LogP contribution in [0.4, 0.5) is 0 Å². The first-order valence-corrected chi connectivity index (χ1v) is 8.79. The summed E-state index contributed by atoms with van der Waals surface area (Å²) in [6.07, 6.45) is 10.6. The number of hydrogen-bond acceptors (Lipinski definition) is 4.